The third-order valence-electron chi connectivity index (χ3n) is 4.43. The van der Waals surface area contributed by atoms with Crippen LogP contribution < -0.4 is 5.73 Å². The molecule has 0 saturated carbocycles. The van der Waals surface area contributed by atoms with E-state index in [1.54, 1.807) is 0 Å². The average Bonchev–Trinajstić information content (AvgIpc) is 2.94. The van der Waals surface area contributed by atoms with Crippen LogP contribution in [0.15, 0.2) is 30.3 Å². The van der Waals surface area contributed by atoms with Crippen LogP contribution >= 0.6 is 0 Å². The fraction of sp³-hybridized carbons (Fsp3) is 0.562. The van der Waals surface area contributed by atoms with Gasteiger partial charge in [-0.05, 0) is 18.4 Å². The quantitative estimate of drug-likeness (QED) is 0.914. The summed E-state index contributed by atoms with van der Waals surface area (Å²) >= 11 is 0. The van der Waals surface area contributed by atoms with Gasteiger partial charge in [-0.15, -0.1) is 0 Å². The fourth-order valence-electron chi connectivity index (χ4n) is 3.21. The second-order valence-electron chi connectivity index (χ2n) is 5.81. The largest absolute Gasteiger partial charge is 0.378 e. The molecule has 1 aromatic rings. The Morgan fingerprint density at radius 3 is 2.80 bits per heavy atom. The molecule has 2 saturated heterocycles. The van der Waals surface area contributed by atoms with E-state index < -0.39 is 6.04 Å². The number of ketones is 1. The topological polar surface area (TPSA) is 61.6 Å². The van der Waals surface area contributed by atoms with Gasteiger partial charge < -0.3 is 15.2 Å². The average molecular weight is 275 g/mol. The lowest BCUT2D eigenvalue weighted by atomic mass is 9.80. The Kier molecular flexibility index (Phi) is 3.87. The predicted octanol–water partition coefficient (Wildman–Crippen LogP) is 1.84. The van der Waals surface area contributed by atoms with E-state index in [1.807, 2.05) is 30.3 Å². The molecule has 1 aromatic carbocycles. The highest BCUT2D eigenvalue weighted by atomic mass is 16.6. The molecule has 20 heavy (non-hydrogen) atoms. The highest BCUT2D eigenvalue weighted by Crippen LogP contribution is 2.37. The Bertz CT molecular complexity index is 468. The fourth-order valence-corrected chi connectivity index (χ4v) is 3.21. The van der Waals surface area contributed by atoms with E-state index in [9.17, 15) is 4.79 Å². The molecule has 0 radical (unpaired) electrons. The molecular formula is C16H21NO3. The lowest BCUT2D eigenvalue weighted by Gasteiger charge is -2.37. The molecule has 2 heterocycles. The molecule has 0 amide bonds. The van der Waals surface area contributed by atoms with Crippen LogP contribution in [-0.2, 0) is 14.3 Å². The van der Waals surface area contributed by atoms with Gasteiger partial charge in [-0.25, -0.2) is 0 Å². The van der Waals surface area contributed by atoms with E-state index in [1.165, 1.54) is 0 Å². The summed E-state index contributed by atoms with van der Waals surface area (Å²) in [7, 11) is 0. The Hall–Kier alpha value is -1.23. The van der Waals surface area contributed by atoms with Crippen molar-refractivity contribution in [1.29, 1.82) is 0 Å². The first-order chi connectivity index (χ1) is 9.70. The minimum atomic E-state index is -0.529. The van der Waals surface area contributed by atoms with Gasteiger partial charge in [0.25, 0.3) is 0 Å². The molecule has 4 nitrogen and oxygen atoms in total. The summed E-state index contributed by atoms with van der Waals surface area (Å²) in [4.78, 5) is 12.6. The standard InChI is InChI=1S/C16H21NO3/c17-14(12-4-2-1-3-5-12)15(18)13-6-8-20-16(10-13)7-9-19-11-16/h1-5,13-14H,6-11,17H2/t13?,14-,16?/m1/s1. The van der Waals surface area contributed by atoms with Gasteiger partial charge in [0.1, 0.15) is 0 Å². The summed E-state index contributed by atoms with van der Waals surface area (Å²) in [6.07, 6.45) is 2.39. The number of ether oxygens (including phenoxy) is 2. The number of carbonyl (C=O) groups excluding carboxylic acids is 1. The number of hydrogen-bond acceptors (Lipinski definition) is 4. The van der Waals surface area contributed by atoms with Crippen LogP contribution in [0.1, 0.15) is 30.9 Å². The summed E-state index contributed by atoms with van der Waals surface area (Å²) in [5, 5.41) is 0. The summed E-state index contributed by atoms with van der Waals surface area (Å²) in [6.45, 7) is 1.96. The van der Waals surface area contributed by atoms with Gasteiger partial charge >= 0.3 is 0 Å². The zero-order valence-corrected chi connectivity index (χ0v) is 11.6. The maximum absolute atomic E-state index is 12.6. The lowest BCUT2D eigenvalue weighted by Crippen LogP contribution is -2.44. The Balaban J connectivity index is 1.70. The number of benzene rings is 1. The van der Waals surface area contributed by atoms with E-state index >= 15 is 0 Å². The Morgan fingerprint density at radius 1 is 1.30 bits per heavy atom. The third-order valence-corrected chi connectivity index (χ3v) is 4.43. The summed E-state index contributed by atoms with van der Waals surface area (Å²) in [5.41, 5.74) is 6.78. The van der Waals surface area contributed by atoms with Crippen molar-refractivity contribution in [2.24, 2.45) is 11.7 Å². The molecule has 0 aromatic heterocycles. The van der Waals surface area contributed by atoms with Crippen LogP contribution in [0, 0.1) is 5.92 Å². The van der Waals surface area contributed by atoms with Gasteiger partial charge in [-0.2, -0.15) is 0 Å². The number of rotatable bonds is 3. The molecule has 2 N–H and O–H groups in total. The van der Waals surface area contributed by atoms with Gasteiger partial charge in [-0.1, -0.05) is 30.3 Å². The van der Waals surface area contributed by atoms with E-state index in [4.69, 9.17) is 15.2 Å². The summed E-state index contributed by atoms with van der Waals surface area (Å²) in [6, 6.07) is 9.06. The van der Waals surface area contributed by atoms with Crippen LogP contribution in [0.3, 0.4) is 0 Å². The van der Waals surface area contributed by atoms with E-state index in [-0.39, 0.29) is 17.3 Å². The first-order valence-electron chi connectivity index (χ1n) is 7.26. The van der Waals surface area contributed by atoms with E-state index in [0.717, 1.165) is 31.4 Å². The molecule has 2 unspecified atom stereocenters. The number of hydrogen-bond donors (Lipinski definition) is 1. The van der Waals surface area contributed by atoms with Gasteiger partial charge in [0.05, 0.1) is 18.2 Å². The second-order valence-corrected chi connectivity index (χ2v) is 5.81. The van der Waals surface area contributed by atoms with Gasteiger partial charge in [0, 0.05) is 25.6 Å². The minimum Gasteiger partial charge on any atom is -0.378 e. The molecule has 0 aliphatic carbocycles. The summed E-state index contributed by atoms with van der Waals surface area (Å²) < 4.78 is 11.3. The number of nitrogens with two attached hydrogens (primary N) is 1. The van der Waals surface area contributed by atoms with Crippen molar-refractivity contribution in [2.45, 2.75) is 30.9 Å². The smallest absolute Gasteiger partial charge is 0.157 e. The van der Waals surface area contributed by atoms with Crippen LogP contribution in [0.2, 0.25) is 0 Å². The van der Waals surface area contributed by atoms with Crippen molar-refractivity contribution in [3.8, 4) is 0 Å². The molecule has 1 spiro atoms. The van der Waals surface area contributed by atoms with Crippen molar-refractivity contribution in [1.82, 2.24) is 0 Å². The molecule has 2 fully saturated rings. The van der Waals surface area contributed by atoms with Crippen molar-refractivity contribution >= 4 is 5.78 Å². The van der Waals surface area contributed by atoms with E-state index in [0.29, 0.717) is 13.2 Å². The summed E-state index contributed by atoms with van der Waals surface area (Å²) in [5.74, 6) is 0.117. The predicted molar refractivity (Wildman–Crippen MR) is 75.2 cm³/mol. The lowest BCUT2D eigenvalue weighted by molar-refractivity contribution is -0.138. The van der Waals surface area contributed by atoms with Gasteiger partial charge in [-0.3, -0.25) is 4.79 Å². The van der Waals surface area contributed by atoms with Crippen LogP contribution in [-0.4, -0.2) is 31.2 Å². The number of Topliss-reactive ketones (excluding diaryl/α,β-unsaturated/α-hetero) is 1. The van der Waals surface area contributed by atoms with Gasteiger partial charge in [0.15, 0.2) is 5.78 Å². The van der Waals surface area contributed by atoms with Crippen LogP contribution in [0.5, 0.6) is 0 Å². The Labute approximate surface area is 119 Å². The first-order valence-corrected chi connectivity index (χ1v) is 7.26. The highest BCUT2D eigenvalue weighted by molar-refractivity contribution is 5.87. The molecule has 4 heteroatoms. The molecular weight excluding hydrogens is 254 g/mol. The monoisotopic (exact) mass is 275 g/mol. The SMILES string of the molecule is N[C@@H](C(=O)C1CCOC2(CCOC2)C1)c1ccccc1. The van der Waals surface area contributed by atoms with Crippen molar-refractivity contribution in [3.63, 3.8) is 0 Å². The van der Waals surface area contributed by atoms with E-state index in [2.05, 4.69) is 0 Å². The van der Waals surface area contributed by atoms with Gasteiger partial charge in [0.2, 0.25) is 0 Å². The molecule has 108 valence electrons. The Morgan fingerprint density at radius 2 is 2.10 bits per heavy atom. The molecule has 3 atom stereocenters. The molecule has 2 aliphatic heterocycles. The first kappa shape index (κ1) is 13.7. The van der Waals surface area contributed by atoms with Crippen molar-refractivity contribution < 1.29 is 14.3 Å². The zero-order chi connectivity index (χ0) is 14.0. The minimum absolute atomic E-state index is 0.0133. The maximum atomic E-state index is 12.6. The van der Waals surface area contributed by atoms with Crippen molar-refractivity contribution in [3.05, 3.63) is 35.9 Å². The molecule has 0 bridgehead atoms. The maximum Gasteiger partial charge on any atom is 0.157 e. The van der Waals surface area contributed by atoms with Crippen LogP contribution in [0.25, 0.3) is 0 Å². The zero-order valence-electron chi connectivity index (χ0n) is 11.6. The normalized spacial score (nSPS) is 31.4. The van der Waals surface area contributed by atoms with Crippen molar-refractivity contribution in [2.75, 3.05) is 19.8 Å². The third kappa shape index (κ3) is 2.64. The van der Waals surface area contributed by atoms with Crippen LogP contribution in [0.4, 0.5) is 0 Å². The molecule has 2 aliphatic rings. The second kappa shape index (κ2) is 5.64. The molecule has 3 rings (SSSR count). The highest BCUT2D eigenvalue weighted by Gasteiger charge is 2.43. The number of carbonyl (C=O) groups is 1.